The smallest absolute Gasteiger partial charge is 0.337 e. The van der Waals surface area contributed by atoms with Gasteiger partial charge in [0, 0.05) is 13.1 Å². The molecular weight excluding hydrogens is 260 g/mol. The fourth-order valence-electron chi connectivity index (χ4n) is 2.25. The highest BCUT2D eigenvalue weighted by atomic mass is 16.5. The van der Waals surface area contributed by atoms with Gasteiger partial charge in [0.15, 0.2) is 0 Å². The van der Waals surface area contributed by atoms with E-state index in [0.717, 1.165) is 6.42 Å². The van der Waals surface area contributed by atoms with Gasteiger partial charge >= 0.3 is 12.0 Å². The van der Waals surface area contributed by atoms with E-state index in [9.17, 15) is 14.7 Å². The van der Waals surface area contributed by atoms with Crippen LogP contribution in [0.3, 0.4) is 0 Å². The highest BCUT2D eigenvalue weighted by Gasteiger charge is 2.24. The number of carboxylic acids is 1. The van der Waals surface area contributed by atoms with Gasteiger partial charge in [0.25, 0.3) is 0 Å². The SMILES string of the molecule is COc1ccc(NC(=O)N2CCC(C)C2)c(C(=O)O)c1. The molecular formula is C14H18N2O4. The summed E-state index contributed by atoms with van der Waals surface area (Å²) >= 11 is 0. The number of aromatic carboxylic acids is 1. The number of carbonyl (C=O) groups is 2. The van der Waals surface area contributed by atoms with Gasteiger partial charge in [0.2, 0.25) is 0 Å². The molecule has 6 heteroatoms. The lowest BCUT2D eigenvalue weighted by atomic mass is 10.1. The molecule has 2 amide bonds. The largest absolute Gasteiger partial charge is 0.497 e. The van der Waals surface area contributed by atoms with Crippen LogP contribution in [0.25, 0.3) is 0 Å². The Morgan fingerprint density at radius 1 is 1.45 bits per heavy atom. The van der Waals surface area contributed by atoms with Crippen LogP contribution < -0.4 is 10.1 Å². The number of nitrogens with one attached hydrogen (secondary N) is 1. The quantitative estimate of drug-likeness (QED) is 0.889. The minimum Gasteiger partial charge on any atom is -0.497 e. The van der Waals surface area contributed by atoms with E-state index in [2.05, 4.69) is 12.2 Å². The van der Waals surface area contributed by atoms with Crippen LogP contribution in [0.4, 0.5) is 10.5 Å². The van der Waals surface area contributed by atoms with Gasteiger partial charge in [-0.25, -0.2) is 9.59 Å². The monoisotopic (exact) mass is 278 g/mol. The van der Waals surface area contributed by atoms with E-state index < -0.39 is 5.97 Å². The molecule has 1 aromatic carbocycles. The lowest BCUT2D eigenvalue weighted by Crippen LogP contribution is -2.33. The Labute approximate surface area is 117 Å². The van der Waals surface area contributed by atoms with E-state index in [1.807, 2.05) is 0 Å². The van der Waals surface area contributed by atoms with Crippen molar-refractivity contribution in [2.45, 2.75) is 13.3 Å². The normalized spacial score (nSPS) is 17.9. The van der Waals surface area contributed by atoms with Crippen molar-refractivity contribution in [1.29, 1.82) is 0 Å². The van der Waals surface area contributed by atoms with Gasteiger partial charge in [0.1, 0.15) is 5.75 Å². The standard InChI is InChI=1S/C14H18N2O4/c1-9-5-6-16(8-9)14(19)15-12-4-3-10(20-2)7-11(12)13(17)18/h3-4,7,9H,5-6,8H2,1-2H3,(H,15,19)(H,17,18). The summed E-state index contributed by atoms with van der Waals surface area (Å²) in [4.78, 5) is 25.0. The number of hydrogen-bond donors (Lipinski definition) is 2. The maximum Gasteiger partial charge on any atom is 0.337 e. The van der Waals surface area contributed by atoms with Gasteiger partial charge in [-0.1, -0.05) is 6.92 Å². The number of carbonyl (C=O) groups excluding carboxylic acids is 1. The number of amides is 2. The lowest BCUT2D eigenvalue weighted by molar-refractivity contribution is 0.0697. The Morgan fingerprint density at radius 2 is 2.20 bits per heavy atom. The first-order chi connectivity index (χ1) is 9.51. The fourth-order valence-corrected chi connectivity index (χ4v) is 2.25. The lowest BCUT2D eigenvalue weighted by Gasteiger charge is -2.18. The van der Waals surface area contributed by atoms with Gasteiger partial charge in [-0.15, -0.1) is 0 Å². The molecule has 0 spiro atoms. The first kappa shape index (κ1) is 14.2. The number of hydrogen-bond acceptors (Lipinski definition) is 3. The van der Waals surface area contributed by atoms with Gasteiger partial charge in [0.05, 0.1) is 18.4 Å². The summed E-state index contributed by atoms with van der Waals surface area (Å²) < 4.78 is 4.99. The Morgan fingerprint density at radius 3 is 2.75 bits per heavy atom. The molecule has 0 saturated carbocycles. The van der Waals surface area contributed by atoms with Crippen LogP contribution in [0.1, 0.15) is 23.7 Å². The van der Waals surface area contributed by atoms with Crippen molar-refractivity contribution in [2.24, 2.45) is 5.92 Å². The predicted molar refractivity (Wildman–Crippen MR) is 74.3 cm³/mol. The van der Waals surface area contributed by atoms with E-state index in [1.54, 1.807) is 17.0 Å². The third-order valence-electron chi connectivity index (χ3n) is 3.41. The first-order valence-electron chi connectivity index (χ1n) is 6.48. The summed E-state index contributed by atoms with van der Waals surface area (Å²) in [5.41, 5.74) is 0.299. The molecule has 108 valence electrons. The fraction of sp³-hybridized carbons (Fsp3) is 0.429. The molecule has 1 unspecified atom stereocenters. The molecule has 6 nitrogen and oxygen atoms in total. The van der Waals surface area contributed by atoms with Crippen LogP contribution in [0.2, 0.25) is 0 Å². The minimum atomic E-state index is -1.10. The summed E-state index contributed by atoms with van der Waals surface area (Å²) in [5, 5.41) is 11.8. The summed E-state index contributed by atoms with van der Waals surface area (Å²) in [5.74, 6) is -0.181. The van der Waals surface area contributed by atoms with Crippen LogP contribution in [-0.4, -0.2) is 42.2 Å². The van der Waals surface area contributed by atoms with Gasteiger partial charge < -0.3 is 20.1 Å². The highest BCUT2D eigenvalue weighted by Crippen LogP contribution is 2.23. The number of carboxylic acid groups (broad SMARTS) is 1. The van der Waals surface area contributed by atoms with Crippen LogP contribution in [0, 0.1) is 5.92 Å². The second kappa shape index (κ2) is 5.81. The molecule has 1 aliphatic heterocycles. The molecule has 1 saturated heterocycles. The number of anilines is 1. The molecule has 1 atom stereocenters. The van der Waals surface area contributed by atoms with Crippen molar-refractivity contribution in [1.82, 2.24) is 4.90 Å². The number of ether oxygens (including phenoxy) is 1. The summed E-state index contributed by atoms with van der Waals surface area (Å²) in [6.45, 7) is 3.49. The average molecular weight is 278 g/mol. The zero-order chi connectivity index (χ0) is 14.7. The number of nitrogens with zero attached hydrogens (tertiary/aromatic N) is 1. The third kappa shape index (κ3) is 3.01. The maximum absolute atomic E-state index is 12.1. The number of likely N-dealkylation sites (tertiary alicyclic amines) is 1. The van der Waals surface area contributed by atoms with Crippen LogP contribution in [0.5, 0.6) is 5.75 Å². The van der Waals surface area contributed by atoms with E-state index >= 15 is 0 Å². The summed E-state index contributed by atoms with van der Waals surface area (Å²) in [6, 6.07) is 4.29. The van der Waals surface area contributed by atoms with Crippen molar-refractivity contribution >= 4 is 17.7 Å². The van der Waals surface area contributed by atoms with E-state index in [0.29, 0.717) is 24.8 Å². The van der Waals surface area contributed by atoms with Crippen molar-refractivity contribution in [3.8, 4) is 5.75 Å². The molecule has 0 bridgehead atoms. The number of methoxy groups -OCH3 is 1. The number of benzene rings is 1. The van der Waals surface area contributed by atoms with E-state index in [-0.39, 0.29) is 17.3 Å². The second-order valence-corrected chi connectivity index (χ2v) is 4.99. The third-order valence-corrected chi connectivity index (χ3v) is 3.41. The second-order valence-electron chi connectivity index (χ2n) is 4.99. The van der Waals surface area contributed by atoms with Crippen LogP contribution in [0.15, 0.2) is 18.2 Å². The molecule has 2 N–H and O–H groups in total. The minimum absolute atomic E-state index is 0.0185. The van der Waals surface area contributed by atoms with Crippen molar-refractivity contribution in [3.63, 3.8) is 0 Å². The Kier molecular flexibility index (Phi) is 4.12. The van der Waals surface area contributed by atoms with Crippen molar-refractivity contribution in [3.05, 3.63) is 23.8 Å². The summed E-state index contributed by atoms with van der Waals surface area (Å²) in [7, 11) is 1.46. The molecule has 1 aromatic rings. The molecule has 1 aliphatic rings. The molecule has 0 aromatic heterocycles. The Bertz CT molecular complexity index is 530. The van der Waals surface area contributed by atoms with E-state index in [4.69, 9.17) is 4.74 Å². The summed E-state index contributed by atoms with van der Waals surface area (Å²) in [6.07, 6.45) is 0.974. The van der Waals surface area contributed by atoms with E-state index in [1.165, 1.54) is 13.2 Å². The van der Waals surface area contributed by atoms with Gasteiger partial charge in [-0.2, -0.15) is 0 Å². The van der Waals surface area contributed by atoms with Crippen LogP contribution >= 0.6 is 0 Å². The molecule has 1 fully saturated rings. The highest BCUT2D eigenvalue weighted by molar-refractivity contribution is 6.00. The predicted octanol–water partition coefficient (Wildman–Crippen LogP) is 2.27. The number of rotatable bonds is 3. The average Bonchev–Trinajstić information content (AvgIpc) is 2.85. The number of urea groups is 1. The van der Waals surface area contributed by atoms with Crippen molar-refractivity contribution in [2.75, 3.05) is 25.5 Å². The van der Waals surface area contributed by atoms with Crippen LogP contribution in [-0.2, 0) is 0 Å². The Balaban J connectivity index is 2.16. The molecule has 20 heavy (non-hydrogen) atoms. The molecule has 2 rings (SSSR count). The maximum atomic E-state index is 12.1. The van der Waals surface area contributed by atoms with Gasteiger partial charge in [-0.3, -0.25) is 0 Å². The van der Waals surface area contributed by atoms with Gasteiger partial charge in [-0.05, 0) is 30.5 Å². The zero-order valence-corrected chi connectivity index (χ0v) is 11.5. The molecule has 0 aliphatic carbocycles. The molecule has 0 radical (unpaired) electrons. The first-order valence-corrected chi connectivity index (χ1v) is 6.48. The topological polar surface area (TPSA) is 78.9 Å². The zero-order valence-electron chi connectivity index (χ0n) is 11.5. The van der Waals surface area contributed by atoms with Crippen molar-refractivity contribution < 1.29 is 19.4 Å². The molecule has 1 heterocycles. The Hall–Kier alpha value is -2.24.